The fraction of sp³-hybridized carbons (Fsp3) is 0.280. The van der Waals surface area contributed by atoms with Gasteiger partial charge in [0.2, 0.25) is 0 Å². The van der Waals surface area contributed by atoms with Crippen LogP contribution in [0.4, 0.5) is 0 Å². The van der Waals surface area contributed by atoms with Gasteiger partial charge in [0.25, 0.3) is 0 Å². The number of hydrogen-bond donors (Lipinski definition) is 0. The van der Waals surface area contributed by atoms with Gasteiger partial charge in [0.05, 0.1) is 31.2 Å². The summed E-state index contributed by atoms with van der Waals surface area (Å²) < 4.78 is 16.8. The average Bonchev–Trinajstić information content (AvgIpc) is 3.13. The Morgan fingerprint density at radius 3 is 2.36 bits per heavy atom. The minimum absolute atomic E-state index is 0.269. The van der Waals surface area contributed by atoms with E-state index in [4.69, 9.17) is 14.2 Å². The zero-order valence-electron chi connectivity index (χ0n) is 19.1. The van der Waals surface area contributed by atoms with Crippen LogP contribution in [-0.4, -0.2) is 48.3 Å². The summed E-state index contributed by atoms with van der Waals surface area (Å²) in [6.07, 6.45) is 0.819. The van der Waals surface area contributed by atoms with Crippen molar-refractivity contribution in [1.29, 1.82) is 0 Å². The number of ketones is 1. The highest BCUT2D eigenvalue weighted by atomic mass is 16.5. The first-order valence-electron chi connectivity index (χ1n) is 10.4. The third-order valence-corrected chi connectivity index (χ3v) is 5.32. The highest BCUT2D eigenvalue weighted by Gasteiger charge is 2.16. The van der Waals surface area contributed by atoms with Crippen LogP contribution in [0.2, 0.25) is 0 Å². The number of benzene rings is 2. The molecule has 0 fully saturated rings. The molecule has 0 aliphatic rings. The molecular formula is C25H26N2O6. The molecule has 8 heteroatoms. The van der Waals surface area contributed by atoms with Crippen LogP contribution in [-0.2, 0) is 20.7 Å². The Kier molecular flexibility index (Phi) is 7.61. The number of aromatic nitrogens is 2. The van der Waals surface area contributed by atoms with Gasteiger partial charge in [-0.15, -0.1) is 0 Å². The highest BCUT2D eigenvalue weighted by molar-refractivity contribution is 5.99. The first-order chi connectivity index (χ1) is 15.8. The molecule has 2 aromatic carbocycles. The maximum Gasteiger partial charge on any atom is 0.338 e. The number of Topliss-reactive ketones (excluding diaryl/α,β-unsaturated/α-hetero) is 1. The van der Waals surface area contributed by atoms with E-state index in [1.165, 1.54) is 14.2 Å². The van der Waals surface area contributed by atoms with Crippen molar-refractivity contribution in [3.63, 3.8) is 0 Å². The molecule has 172 valence electrons. The largest absolute Gasteiger partial charge is 0.497 e. The van der Waals surface area contributed by atoms with E-state index in [0.717, 1.165) is 22.6 Å². The standard InChI is InChI=1S/C25H26N2O6/c1-16-22(12-13-24(29)32-4)17(2)27(26-16)20-10-8-18(9-11-20)25(30)33-15-23(28)19-6-5-7-21(14-19)31-3/h5-11,14H,12-13,15H2,1-4H3. The second-order valence-electron chi connectivity index (χ2n) is 7.42. The molecule has 0 unspecified atom stereocenters. The quantitative estimate of drug-likeness (QED) is 0.363. The molecule has 0 aliphatic heterocycles. The van der Waals surface area contributed by atoms with E-state index in [-0.39, 0.29) is 24.8 Å². The number of rotatable bonds is 9. The van der Waals surface area contributed by atoms with Gasteiger partial charge in [-0.25, -0.2) is 9.48 Å². The third kappa shape index (κ3) is 5.65. The van der Waals surface area contributed by atoms with E-state index in [9.17, 15) is 14.4 Å². The van der Waals surface area contributed by atoms with Crippen molar-refractivity contribution in [3.8, 4) is 11.4 Å². The van der Waals surface area contributed by atoms with Crippen LogP contribution in [0.15, 0.2) is 48.5 Å². The molecule has 0 radical (unpaired) electrons. The van der Waals surface area contributed by atoms with Crippen molar-refractivity contribution >= 4 is 17.7 Å². The van der Waals surface area contributed by atoms with Crippen molar-refractivity contribution in [3.05, 3.63) is 76.6 Å². The minimum Gasteiger partial charge on any atom is -0.497 e. The number of carbonyl (C=O) groups is 3. The maximum atomic E-state index is 12.4. The van der Waals surface area contributed by atoms with Gasteiger partial charge >= 0.3 is 11.9 Å². The number of hydrogen-bond acceptors (Lipinski definition) is 7. The predicted octanol–water partition coefficient (Wildman–Crippen LogP) is 3.64. The maximum absolute atomic E-state index is 12.4. The fourth-order valence-corrected chi connectivity index (χ4v) is 3.45. The lowest BCUT2D eigenvalue weighted by Crippen LogP contribution is -2.14. The minimum atomic E-state index is -0.593. The van der Waals surface area contributed by atoms with Gasteiger partial charge in [-0.05, 0) is 62.2 Å². The van der Waals surface area contributed by atoms with Gasteiger partial charge in [-0.1, -0.05) is 12.1 Å². The van der Waals surface area contributed by atoms with E-state index in [1.807, 2.05) is 13.8 Å². The van der Waals surface area contributed by atoms with Crippen molar-refractivity contribution in [2.24, 2.45) is 0 Å². The Morgan fingerprint density at radius 1 is 0.970 bits per heavy atom. The number of methoxy groups -OCH3 is 2. The van der Waals surface area contributed by atoms with E-state index in [0.29, 0.717) is 23.3 Å². The van der Waals surface area contributed by atoms with Crippen LogP contribution in [0.3, 0.4) is 0 Å². The van der Waals surface area contributed by atoms with E-state index in [2.05, 4.69) is 5.10 Å². The molecule has 0 amide bonds. The molecule has 0 aliphatic carbocycles. The molecular weight excluding hydrogens is 424 g/mol. The number of ether oxygens (including phenoxy) is 3. The topological polar surface area (TPSA) is 96.7 Å². The Balaban J connectivity index is 1.65. The van der Waals surface area contributed by atoms with Gasteiger partial charge in [-0.2, -0.15) is 5.10 Å². The first-order valence-corrected chi connectivity index (χ1v) is 10.4. The zero-order valence-corrected chi connectivity index (χ0v) is 19.1. The summed E-state index contributed by atoms with van der Waals surface area (Å²) in [4.78, 5) is 36.2. The molecule has 3 rings (SSSR count). The summed E-state index contributed by atoms with van der Waals surface area (Å²) in [7, 11) is 2.88. The molecule has 0 atom stereocenters. The SMILES string of the molecule is COC(=O)CCc1c(C)nn(-c2ccc(C(=O)OCC(=O)c3cccc(OC)c3)cc2)c1C. The third-order valence-electron chi connectivity index (χ3n) is 5.32. The number of carbonyl (C=O) groups excluding carboxylic acids is 3. The fourth-order valence-electron chi connectivity index (χ4n) is 3.45. The lowest BCUT2D eigenvalue weighted by atomic mass is 10.1. The number of esters is 2. The van der Waals surface area contributed by atoms with Crippen LogP contribution in [0, 0.1) is 13.8 Å². The zero-order chi connectivity index (χ0) is 24.0. The van der Waals surface area contributed by atoms with Gasteiger partial charge in [0.15, 0.2) is 12.4 Å². The first kappa shape index (κ1) is 23.7. The molecule has 0 saturated heterocycles. The van der Waals surface area contributed by atoms with Gasteiger partial charge in [0.1, 0.15) is 5.75 Å². The lowest BCUT2D eigenvalue weighted by molar-refractivity contribution is -0.140. The molecule has 0 N–H and O–H groups in total. The van der Waals surface area contributed by atoms with Gasteiger partial charge in [-0.3, -0.25) is 9.59 Å². The predicted molar refractivity (Wildman–Crippen MR) is 121 cm³/mol. The normalized spacial score (nSPS) is 10.5. The second kappa shape index (κ2) is 10.6. The second-order valence-corrected chi connectivity index (χ2v) is 7.42. The van der Waals surface area contributed by atoms with Crippen LogP contribution in [0.5, 0.6) is 5.75 Å². The monoisotopic (exact) mass is 450 g/mol. The summed E-state index contributed by atoms with van der Waals surface area (Å²) in [5.74, 6) is -0.624. The van der Waals surface area contributed by atoms with Gasteiger partial charge in [0, 0.05) is 17.7 Å². The molecule has 33 heavy (non-hydrogen) atoms. The summed E-state index contributed by atoms with van der Waals surface area (Å²) in [5, 5.41) is 4.56. The molecule has 0 bridgehead atoms. The highest BCUT2D eigenvalue weighted by Crippen LogP contribution is 2.20. The van der Waals surface area contributed by atoms with Crippen molar-refractivity contribution < 1.29 is 28.6 Å². The van der Waals surface area contributed by atoms with Crippen molar-refractivity contribution in [2.45, 2.75) is 26.7 Å². The molecule has 0 saturated carbocycles. The van der Waals surface area contributed by atoms with E-state index >= 15 is 0 Å². The summed E-state index contributed by atoms with van der Waals surface area (Å²) in [6.45, 7) is 3.45. The Morgan fingerprint density at radius 2 is 1.70 bits per heavy atom. The van der Waals surface area contributed by atoms with E-state index in [1.54, 1.807) is 53.2 Å². The van der Waals surface area contributed by atoms with Gasteiger partial charge < -0.3 is 14.2 Å². The van der Waals surface area contributed by atoms with Crippen LogP contribution < -0.4 is 4.74 Å². The number of nitrogens with zero attached hydrogens (tertiary/aromatic N) is 2. The van der Waals surface area contributed by atoms with E-state index < -0.39 is 5.97 Å². The smallest absolute Gasteiger partial charge is 0.338 e. The molecule has 3 aromatic rings. The lowest BCUT2D eigenvalue weighted by Gasteiger charge is -2.08. The molecule has 8 nitrogen and oxygen atoms in total. The molecule has 1 aromatic heterocycles. The van der Waals surface area contributed by atoms with Crippen LogP contribution >= 0.6 is 0 Å². The van der Waals surface area contributed by atoms with Crippen molar-refractivity contribution in [2.75, 3.05) is 20.8 Å². The molecule has 1 heterocycles. The van der Waals surface area contributed by atoms with Crippen LogP contribution in [0.1, 0.15) is 44.1 Å². The Hall–Kier alpha value is -3.94. The Bertz CT molecular complexity index is 1160. The van der Waals surface area contributed by atoms with Crippen LogP contribution in [0.25, 0.3) is 5.69 Å². The number of aryl methyl sites for hydroxylation is 1. The summed E-state index contributed by atoms with van der Waals surface area (Å²) in [5.41, 5.74) is 4.23. The average molecular weight is 450 g/mol. The summed E-state index contributed by atoms with van der Waals surface area (Å²) >= 11 is 0. The van der Waals surface area contributed by atoms with Crippen molar-refractivity contribution in [1.82, 2.24) is 9.78 Å². The summed E-state index contributed by atoms with van der Waals surface area (Å²) in [6, 6.07) is 13.4. The Labute approximate surface area is 192 Å². The molecule has 0 spiro atoms.